The first-order valence-corrected chi connectivity index (χ1v) is 9.42. The van der Waals surface area contributed by atoms with Gasteiger partial charge in [0.15, 0.2) is 0 Å². The molecule has 0 unspecified atom stereocenters. The summed E-state index contributed by atoms with van der Waals surface area (Å²) in [6, 6.07) is 0.218. The number of rotatable bonds is 4. The second kappa shape index (κ2) is 6.74. The van der Waals surface area contributed by atoms with Gasteiger partial charge in [-0.3, -0.25) is 9.59 Å². The van der Waals surface area contributed by atoms with E-state index in [2.05, 4.69) is 24.0 Å². The van der Waals surface area contributed by atoms with Crippen LogP contribution in [0.15, 0.2) is 9.64 Å². The van der Waals surface area contributed by atoms with Crippen molar-refractivity contribution in [3.63, 3.8) is 0 Å². The molecule has 132 valence electrons. The lowest BCUT2D eigenvalue weighted by Gasteiger charge is -2.41. The number of hydrogen-bond acceptors (Lipinski definition) is 6. The summed E-state index contributed by atoms with van der Waals surface area (Å²) in [5.74, 6) is 1.01. The minimum atomic E-state index is -0.371. The van der Waals surface area contributed by atoms with Crippen LogP contribution in [0.1, 0.15) is 39.0 Å². The van der Waals surface area contributed by atoms with Gasteiger partial charge in [0.2, 0.25) is 17.7 Å². The third-order valence-electron chi connectivity index (χ3n) is 4.93. The molecule has 2 amide bonds. The molecule has 1 atom stereocenters. The maximum atomic E-state index is 12.9. The van der Waals surface area contributed by atoms with E-state index in [0.29, 0.717) is 24.2 Å². The Bertz CT molecular complexity index is 633. The average Bonchev–Trinajstić information content (AvgIpc) is 3.15. The quantitative estimate of drug-likeness (QED) is 0.768. The first kappa shape index (κ1) is 17.3. The highest BCUT2D eigenvalue weighted by Gasteiger charge is 2.49. The van der Waals surface area contributed by atoms with Gasteiger partial charge in [0, 0.05) is 32.6 Å². The van der Waals surface area contributed by atoms with Crippen LogP contribution in [0.4, 0.5) is 0 Å². The number of piperidine rings is 1. The Balaban J connectivity index is 1.59. The molecule has 0 aliphatic carbocycles. The van der Waals surface area contributed by atoms with E-state index in [0.717, 1.165) is 25.8 Å². The van der Waals surface area contributed by atoms with Crippen LogP contribution in [-0.2, 0) is 9.59 Å². The summed E-state index contributed by atoms with van der Waals surface area (Å²) >= 11 is 1.25. The van der Waals surface area contributed by atoms with Gasteiger partial charge in [-0.25, -0.2) is 0 Å². The van der Waals surface area contributed by atoms with E-state index in [9.17, 15) is 9.59 Å². The Labute approximate surface area is 146 Å². The molecule has 3 heterocycles. The normalized spacial score (nSPS) is 24.4. The Kier molecular flexibility index (Phi) is 4.85. The Morgan fingerprint density at radius 1 is 1.33 bits per heavy atom. The van der Waals surface area contributed by atoms with Gasteiger partial charge in [-0.1, -0.05) is 11.8 Å². The van der Waals surface area contributed by atoms with Gasteiger partial charge in [0.05, 0.1) is 11.2 Å². The highest BCUT2D eigenvalue weighted by molar-refractivity contribution is 7.99. The highest BCUT2D eigenvalue weighted by atomic mass is 32.2. The maximum absolute atomic E-state index is 12.9. The number of hydrogen-bond donors (Lipinski definition) is 0. The summed E-state index contributed by atoms with van der Waals surface area (Å²) in [5, 5.41) is 8.05. The largest absolute Gasteiger partial charge is 0.416 e. The second-order valence-electron chi connectivity index (χ2n) is 6.92. The van der Waals surface area contributed by atoms with Gasteiger partial charge in [0.25, 0.3) is 5.22 Å². The van der Waals surface area contributed by atoms with E-state index >= 15 is 0 Å². The van der Waals surface area contributed by atoms with Gasteiger partial charge in [-0.05, 0) is 33.1 Å². The van der Waals surface area contributed by atoms with Crippen LogP contribution in [0, 0.1) is 12.3 Å². The van der Waals surface area contributed by atoms with Crippen molar-refractivity contribution < 1.29 is 14.0 Å². The Morgan fingerprint density at radius 2 is 2.12 bits per heavy atom. The van der Waals surface area contributed by atoms with Crippen molar-refractivity contribution >= 4 is 23.6 Å². The van der Waals surface area contributed by atoms with Crippen LogP contribution in [0.3, 0.4) is 0 Å². The molecule has 0 saturated carbocycles. The molecule has 0 N–H and O–H groups in total. The number of carbonyl (C=O) groups is 2. The fourth-order valence-corrected chi connectivity index (χ4v) is 4.32. The first-order chi connectivity index (χ1) is 11.4. The van der Waals surface area contributed by atoms with Crippen LogP contribution in [0.25, 0.3) is 0 Å². The zero-order valence-corrected chi connectivity index (χ0v) is 15.3. The summed E-state index contributed by atoms with van der Waals surface area (Å²) < 4.78 is 5.27. The predicted molar refractivity (Wildman–Crippen MR) is 89.5 cm³/mol. The van der Waals surface area contributed by atoms with Crippen LogP contribution in [-0.4, -0.2) is 63.2 Å². The van der Waals surface area contributed by atoms with Gasteiger partial charge in [-0.15, -0.1) is 10.2 Å². The second-order valence-corrected chi connectivity index (χ2v) is 7.84. The topological polar surface area (TPSA) is 79.5 Å². The van der Waals surface area contributed by atoms with Crippen molar-refractivity contribution in [2.45, 2.75) is 51.3 Å². The molecule has 1 spiro atoms. The molecule has 1 aromatic rings. The molecule has 0 bridgehead atoms. The zero-order chi connectivity index (χ0) is 17.3. The molecule has 3 rings (SSSR count). The average molecular weight is 352 g/mol. The fourth-order valence-electron chi connectivity index (χ4n) is 3.61. The molecule has 1 aromatic heterocycles. The van der Waals surface area contributed by atoms with Crippen LogP contribution < -0.4 is 0 Å². The minimum absolute atomic E-state index is 0.0298. The first-order valence-electron chi connectivity index (χ1n) is 8.43. The van der Waals surface area contributed by atoms with Crippen molar-refractivity contribution in [1.82, 2.24) is 20.0 Å². The smallest absolute Gasteiger partial charge is 0.277 e. The molecule has 24 heavy (non-hydrogen) atoms. The SMILES string of the molecule is Cc1nnc(SCC(=O)N2CC[C@@]3(CCCN(C(C)C)C3=O)C2)o1. The molecular weight excluding hydrogens is 328 g/mol. The molecule has 2 aliphatic heterocycles. The van der Waals surface area contributed by atoms with E-state index in [4.69, 9.17) is 4.42 Å². The third kappa shape index (κ3) is 3.29. The molecule has 8 heteroatoms. The Hall–Kier alpha value is -1.57. The van der Waals surface area contributed by atoms with Gasteiger partial charge in [0.1, 0.15) is 0 Å². The summed E-state index contributed by atoms with van der Waals surface area (Å²) in [6.07, 6.45) is 2.67. The molecule has 2 fully saturated rings. The van der Waals surface area contributed by atoms with Gasteiger partial charge < -0.3 is 14.2 Å². The summed E-state index contributed by atoms with van der Waals surface area (Å²) in [5.41, 5.74) is -0.371. The molecular formula is C16H24N4O3S. The molecule has 2 aliphatic rings. The number of aryl methyl sites for hydroxylation is 1. The third-order valence-corrected chi connectivity index (χ3v) is 5.73. The van der Waals surface area contributed by atoms with Crippen LogP contribution in [0.2, 0.25) is 0 Å². The maximum Gasteiger partial charge on any atom is 0.277 e. The van der Waals surface area contributed by atoms with E-state index in [-0.39, 0.29) is 29.0 Å². The summed E-state index contributed by atoms with van der Waals surface area (Å²) in [4.78, 5) is 29.1. The van der Waals surface area contributed by atoms with E-state index < -0.39 is 0 Å². The minimum Gasteiger partial charge on any atom is -0.416 e. The van der Waals surface area contributed by atoms with Gasteiger partial charge >= 0.3 is 0 Å². The van der Waals surface area contributed by atoms with Crippen molar-refractivity contribution in [3.8, 4) is 0 Å². The van der Waals surface area contributed by atoms with Gasteiger partial charge in [-0.2, -0.15) is 0 Å². The fraction of sp³-hybridized carbons (Fsp3) is 0.750. The number of nitrogens with zero attached hydrogens (tertiary/aromatic N) is 4. The lowest BCUT2D eigenvalue weighted by molar-refractivity contribution is -0.148. The highest BCUT2D eigenvalue weighted by Crippen LogP contribution is 2.40. The monoisotopic (exact) mass is 352 g/mol. The molecule has 0 radical (unpaired) electrons. The lowest BCUT2D eigenvalue weighted by atomic mass is 9.78. The molecule has 0 aromatic carbocycles. The van der Waals surface area contributed by atoms with Crippen molar-refractivity contribution in [2.75, 3.05) is 25.4 Å². The number of carbonyl (C=O) groups excluding carboxylic acids is 2. The zero-order valence-electron chi connectivity index (χ0n) is 14.4. The van der Waals surface area contributed by atoms with E-state index in [1.165, 1.54) is 11.8 Å². The predicted octanol–water partition coefficient (Wildman–Crippen LogP) is 1.72. The van der Waals surface area contributed by atoms with Crippen molar-refractivity contribution in [2.24, 2.45) is 5.41 Å². The van der Waals surface area contributed by atoms with Crippen molar-refractivity contribution in [3.05, 3.63) is 5.89 Å². The van der Waals surface area contributed by atoms with E-state index in [1.54, 1.807) is 6.92 Å². The standard InChI is InChI=1S/C16H24N4O3S/c1-11(2)20-7-4-5-16(14(20)22)6-8-19(10-16)13(21)9-24-15-18-17-12(3)23-15/h11H,4-10H2,1-3H3/t16-/m0/s1. The summed E-state index contributed by atoms with van der Waals surface area (Å²) in [7, 11) is 0. The number of likely N-dealkylation sites (tertiary alicyclic amines) is 2. The molecule has 7 nitrogen and oxygen atoms in total. The molecule has 2 saturated heterocycles. The number of thioether (sulfide) groups is 1. The van der Waals surface area contributed by atoms with E-state index in [1.807, 2.05) is 9.80 Å². The van der Waals surface area contributed by atoms with Crippen molar-refractivity contribution in [1.29, 1.82) is 0 Å². The Morgan fingerprint density at radius 3 is 2.79 bits per heavy atom. The lowest BCUT2D eigenvalue weighted by Crippen LogP contribution is -2.52. The van der Waals surface area contributed by atoms with Crippen LogP contribution >= 0.6 is 11.8 Å². The number of aromatic nitrogens is 2. The number of amides is 2. The van der Waals surface area contributed by atoms with Crippen LogP contribution in [0.5, 0.6) is 0 Å². The summed E-state index contributed by atoms with van der Waals surface area (Å²) in [6.45, 7) is 7.85.